The first-order valence-electron chi connectivity index (χ1n) is 2.96. The first kappa shape index (κ1) is 7.48. The summed E-state index contributed by atoms with van der Waals surface area (Å²) in [5.74, 6) is 0. The second-order valence-electron chi connectivity index (χ2n) is 2.10. The number of aryl methyl sites for hydroxylation is 1. The van der Waals surface area contributed by atoms with Gasteiger partial charge < -0.3 is 0 Å². The van der Waals surface area contributed by atoms with E-state index in [4.69, 9.17) is 0 Å². The van der Waals surface area contributed by atoms with Gasteiger partial charge in [0.2, 0.25) is 0 Å². The Morgan fingerprint density at radius 1 is 1.40 bits per heavy atom. The first-order valence-corrected chi connectivity index (χ1v) is 3.76. The second-order valence-corrected chi connectivity index (χ2v) is 3.02. The van der Waals surface area contributed by atoms with Crippen molar-refractivity contribution in [1.29, 1.82) is 0 Å². The molecule has 0 saturated carbocycles. The van der Waals surface area contributed by atoms with Crippen molar-refractivity contribution in [3.8, 4) is 0 Å². The van der Waals surface area contributed by atoms with Crippen LogP contribution >= 0.6 is 15.9 Å². The van der Waals surface area contributed by atoms with Crippen molar-refractivity contribution in [2.24, 2.45) is 0 Å². The minimum absolute atomic E-state index is 0.0666. The van der Waals surface area contributed by atoms with Gasteiger partial charge in [0.05, 0.1) is 0 Å². The predicted molar refractivity (Wildman–Crippen MR) is 45.1 cm³/mol. The van der Waals surface area contributed by atoms with E-state index >= 15 is 0 Å². The van der Waals surface area contributed by atoms with E-state index in [1.54, 1.807) is 19.1 Å². The summed E-state index contributed by atoms with van der Waals surface area (Å²) < 4.78 is 0.825. The van der Waals surface area contributed by atoms with Crippen molar-refractivity contribution >= 4 is 15.9 Å². The number of hydrogen-bond donors (Lipinski definition) is 0. The molecule has 1 nitrogen and oxygen atoms in total. The average molecular weight is 199 g/mol. The summed E-state index contributed by atoms with van der Waals surface area (Å²) in [6.07, 6.45) is 0. The molecule has 0 radical (unpaired) electrons. The van der Waals surface area contributed by atoms with E-state index in [0.29, 0.717) is 0 Å². The smallest absolute Gasteiger partial charge is 0.182 e. The molecular weight excluding hydrogens is 192 g/mol. The van der Waals surface area contributed by atoms with E-state index < -0.39 is 0 Å². The standard InChI is InChI=1S/C8H7BrO/c1-6-3-2-4-7(9)5-8(6)10/h2-5H,1H3. The maximum absolute atomic E-state index is 11.0. The highest BCUT2D eigenvalue weighted by atomic mass is 79.9. The number of hydrogen-bond acceptors (Lipinski definition) is 1. The van der Waals surface area contributed by atoms with Crippen LogP contribution in [0.4, 0.5) is 0 Å². The molecule has 10 heavy (non-hydrogen) atoms. The molecule has 1 rings (SSSR count). The number of rotatable bonds is 0. The van der Waals surface area contributed by atoms with Crippen molar-refractivity contribution in [3.63, 3.8) is 0 Å². The van der Waals surface area contributed by atoms with Crippen LogP contribution in [-0.4, -0.2) is 0 Å². The summed E-state index contributed by atoms with van der Waals surface area (Å²) in [7, 11) is 0. The molecule has 0 atom stereocenters. The van der Waals surface area contributed by atoms with Crippen LogP contribution < -0.4 is 5.43 Å². The molecule has 0 bridgehead atoms. The minimum atomic E-state index is 0.0666. The van der Waals surface area contributed by atoms with Crippen molar-refractivity contribution in [2.45, 2.75) is 6.92 Å². The Morgan fingerprint density at radius 2 is 2.10 bits per heavy atom. The second kappa shape index (κ2) is 2.97. The van der Waals surface area contributed by atoms with Crippen molar-refractivity contribution in [1.82, 2.24) is 0 Å². The molecule has 0 heterocycles. The van der Waals surface area contributed by atoms with Gasteiger partial charge in [-0.2, -0.15) is 0 Å². The number of halogens is 1. The van der Waals surface area contributed by atoms with Crippen LogP contribution in [0.3, 0.4) is 0 Å². The molecule has 0 aliphatic rings. The monoisotopic (exact) mass is 198 g/mol. The zero-order chi connectivity index (χ0) is 7.56. The Kier molecular flexibility index (Phi) is 2.22. The van der Waals surface area contributed by atoms with Crippen molar-refractivity contribution < 1.29 is 0 Å². The molecule has 0 saturated heterocycles. The normalized spacial score (nSPS) is 9.40. The summed E-state index contributed by atoms with van der Waals surface area (Å²) in [5, 5.41) is 0. The van der Waals surface area contributed by atoms with Crippen LogP contribution in [0.2, 0.25) is 0 Å². The molecule has 0 aliphatic heterocycles. The Morgan fingerprint density at radius 3 is 2.80 bits per heavy atom. The SMILES string of the molecule is Cc1cccc(Br)cc1=O. The summed E-state index contributed by atoms with van der Waals surface area (Å²) in [4.78, 5) is 11.0. The van der Waals surface area contributed by atoms with Crippen LogP contribution in [0.25, 0.3) is 0 Å². The Hall–Kier alpha value is -0.630. The van der Waals surface area contributed by atoms with Gasteiger partial charge in [-0.1, -0.05) is 28.1 Å². The van der Waals surface area contributed by atoms with Gasteiger partial charge in [-0.05, 0) is 24.6 Å². The lowest BCUT2D eigenvalue weighted by atomic mass is 10.3. The molecule has 0 fully saturated rings. The Bertz CT molecular complexity index is 293. The lowest BCUT2D eigenvalue weighted by Crippen LogP contribution is -1.97. The molecule has 0 aromatic heterocycles. The molecule has 0 spiro atoms. The van der Waals surface area contributed by atoms with Crippen LogP contribution in [0.1, 0.15) is 5.56 Å². The van der Waals surface area contributed by atoms with Gasteiger partial charge in [-0.25, -0.2) is 0 Å². The highest BCUT2D eigenvalue weighted by Crippen LogP contribution is 2.03. The molecule has 52 valence electrons. The Balaban J connectivity index is 3.46. The van der Waals surface area contributed by atoms with Gasteiger partial charge in [0.25, 0.3) is 0 Å². The molecule has 2 heteroatoms. The molecule has 0 amide bonds. The highest BCUT2D eigenvalue weighted by molar-refractivity contribution is 9.10. The zero-order valence-corrected chi connectivity index (χ0v) is 7.18. The van der Waals surface area contributed by atoms with Crippen molar-refractivity contribution in [2.75, 3.05) is 0 Å². The summed E-state index contributed by atoms with van der Waals surface area (Å²) in [5.41, 5.74) is 0.836. The largest absolute Gasteiger partial charge is 0.290 e. The van der Waals surface area contributed by atoms with Gasteiger partial charge >= 0.3 is 0 Å². The van der Waals surface area contributed by atoms with E-state index in [1.807, 2.05) is 12.1 Å². The summed E-state index contributed by atoms with van der Waals surface area (Å²) in [6.45, 7) is 1.80. The maximum atomic E-state index is 11.0. The van der Waals surface area contributed by atoms with Crippen LogP contribution in [0, 0.1) is 6.92 Å². The maximum Gasteiger partial charge on any atom is 0.182 e. The first-order chi connectivity index (χ1) is 4.70. The van der Waals surface area contributed by atoms with Gasteiger partial charge in [0.1, 0.15) is 0 Å². The molecule has 0 unspecified atom stereocenters. The lowest BCUT2D eigenvalue weighted by Gasteiger charge is -1.75. The van der Waals surface area contributed by atoms with E-state index in [1.165, 1.54) is 0 Å². The molecular formula is C8H7BrO. The van der Waals surface area contributed by atoms with Crippen molar-refractivity contribution in [3.05, 3.63) is 44.5 Å². The van der Waals surface area contributed by atoms with Crippen LogP contribution in [0.5, 0.6) is 0 Å². The quantitative estimate of drug-likeness (QED) is 0.625. The van der Waals surface area contributed by atoms with Gasteiger partial charge in [-0.3, -0.25) is 4.79 Å². The van der Waals surface area contributed by atoms with E-state index in [2.05, 4.69) is 15.9 Å². The fourth-order valence-electron chi connectivity index (χ4n) is 0.654. The van der Waals surface area contributed by atoms with E-state index in [0.717, 1.165) is 10.0 Å². The molecule has 1 aromatic rings. The minimum Gasteiger partial charge on any atom is -0.290 e. The zero-order valence-electron chi connectivity index (χ0n) is 5.60. The van der Waals surface area contributed by atoms with Crippen LogP contribution in [-0.2, 0) is 0 Å². The van der Waals surface area contributed by atoms with Gasteiger partial charge in [0.15, 0.2) is 5.43 Å². The Labute approximate surface area is 67.8 Å². The van der Waals surface area contributed by atoms with Gasteiger partial charge in [-0.15, -0.1) is 0 Å². The molecule has 1 aromatic carbocycles. The third kappa shape index (κ3) is 1.67. The van der Waals surface area contributed by atoms with Crippen LogP contribution in [0.15, 0.2) is 33.5 Å². The average Bonchev–Trinajstić information content (AvgIpc) is 1.96. The topological polar surface area (TPSA) is 17.1 Å². The predicted octanol–water partition coefficient (Wildman–Crippen LogP) is 2.12. The molecule has 0 aliphatic carbocycles. The summed E-state index contributed by atoms with van der Waals surface area (Å²) >= 11 is 3.23. The van der Waals surface area contributed by atoms with E-state index in [9.17, 15) is 4.79 Å². The molecule has 0 N–H and O–H groups in total. The third-order valence-corrected chi connectivity index (χ3v) is 1.75. The highest BCUT2D eigenvalue weighted by Gasteiger charge is 1.88. The fourth-order valence-corrected chi connectivity index (χ4v) is 1.01. The lowest BCUT2D eigenvalue weighted by molar-refractivity contribution is 1.43. The third-order valence-electron chi connectivity index (χ3n) is 1.26. The van der Waals surface area contributed by atoms with E-state index in [-0.39, 0.29) is 5.43 Å². The summed E-state index contributed by atoms with van der Waals surface area (Å²) in [6, 6.07) is 7.05. The fraction of sp³-hybridized carbons (Fsp3) is 0.125. The van der Waals surface area contributed by atoms with Gasteiger partial charge in [0, 0.05) is 4.47 Å².